The van der Waals surface area contributed by atoms with Crippen molar-refractivity contribution in [2.45, 2.75) is 38.5 Å². The molecule has 1 rings (SSSR count). The van der Waals surface area contributed by atoms with E-state index in [1.165, 1.54) is 0 Å². The molecule has 1 saturated heterocycles. The zero-order valence-electron chi connectivity index (χ0n) is 7.41. The highest BCUT2D eigenvalue weighted by molar-refractivity contribution is 5.76. The standard InChI is InChI=1S/C8H15NO3/c1-5(2)12-8(11)7-3-6(10)4-9-7/h5-7,9-10H,3-4H2,1-2H3/t6-,7+/m1/s1. The molecule has 0 amide bonds. The van der Waals surface area contributed by atoms with Crippen LogP contribution in [0, 0.1) is 0 Å². The minimum Gasteiger partial charge on any atom is -0.462 e. The summed E-state index contributed by atoms with van der Waals surface area (Å²) in [4.78, 5) is 11.2. The molecule has 0 aromatic carbocycles. The lowest BCUT2D eigenvalue weighted by molar-refractivity contribution is -0.149. The first-order chi connectivity index (χ1) is 5.59. The monoisotopic (exact) mass is 173 g/mol. The van der Waals surface area contributed by atoms with Gasteiger partial charge in [-0.1, -0.05) is 0 Å². The molecule has 2 atom stereocenters. The Kier molecular flexibility index (Phi) is 3.05. The number of rotatable bonds is 2. The van der Waals surface area contributed by atoms with Crippen LogP contribution in [0.5, 0.6) is 0 Å². The third kappa shape index (κ3) is 2.46. The predicted molar refractivity (Wildman–Crippen MR) is 43.6 cm³/mol. The van der Waals surface area contributed by atoms with Crippen molar-refractivity contribution in [3.63, 3.8) is 0 Å². The van der Waals surface area contributed by atoms with Gasteiger partial charge in [-0.2, -0.15) is 0 Å². The highest BCUT2D eigenvalue weighted by Gasteiger charge is 2.29. The van der Waals surface area contributed by atoms with Gasteiger partial charge in [-0.15, -0.1) is 0 Å². The van der Waals surface area contributed by atoms with E-state index in [9.17, 15) is 4.79 Å². The van der Waals surface area contributed by atoms with Crippen LogP contribution in [0.3, 0.4) is 0 Å². The summed E-state index contributed by atoms with van der Waals surface area (Å²) in [5.74, 6) is -0.262. The molecule has 0 spiro atoms. The normalized spacial score (nSPS) is 29.3. The molecule has 1 aliphatic rings. The first kappa shape index (κ1) is 9.48. The molecule has 1 fully saturated rings. The first-order valence-electron chi connectivity index (χ1n) is 4.21. The Morgan fingerprint density at radius 1 is 1.67 bits per heavy atom. The number of carbonyl (C=O) groups excluding carboxylic acids is 1. The molecule has 1 aliphatic heterocycles. The third-order valence-corrected chi connectivity index (χ3v) is 1.74. The van der Waals surface area contributed by atoms with Crippen LogP contribution in [0.4, 0.5) is 0 Å². The van der Waals surface area contributed by atoms with E-state index in [1.54, 1.807) is 0 Å². The zero-order valence-corrected chi connectivity index (χ0v) is 7.41. The fraction of sp³-hybridized carbons (Fsp3) is 0.875. The molecule has 0 bridgehead atoms. The average molecular weight is 173 g/mol. The quantitative estimate of drug-likeness (QED) is 0.561. The van der Waals surface area contributed by atoms with Crippen LogP contribution >= 0.6 is 0 Å². The minimum atomic E-state index is -0.408. The lowest BCUT2D eigenvalue weighted by atomic mass is 10.2. The molecule has 0 radical (unpaired) electrons. The lowest BCUT2D eigenvalue weighted by Gasteiger charge is -2.12. The molecule has 0 aromatic heterocycles. The van der Waals surface area contributed by atoms with Crippen LogP contribution in [0.1, 0.15) is 20.3 Å². The Bertz CT molecular complexity index is 170. The molecule has 0 aromatic rings. The van der Waals surface area contributed by atoms with Gasteiger partial charge in [-0.3, -0.25) is 4.79 Å². The van der Waals surface area contributed by atoms with Gasteiger partial charge in [0.1, 0.15) is 6.04 Å². The van der Waals surface area contributed by atoms with Crippen LogP contribution in [0.25, 0.3) is 0 Å². The molecule has 2 N–H and O–H groups in total. The molecule has 4 nitrogen and oxygen atoms in total. The summed E-state index contributed by atoms with van der Waals surface area (Å²) >= 11 is 0. The second-order valence-electron chi connectivity index (χ2n) is 3.34. The second-order valence-corrected chi connectivity index (χ2v) is 3.34. The van der Waals surface area contributed by atoms with Gasteiger partial charge in [0.15, 0.2) is 0 Å². The van der Waals surface area contributed by atoms with Gasteiger partial charge in [0.25, 0.3) is 0 Å². The molecule has 12 heavy (non-hydrogen) atoms. The number of hydrogen-bond donors (Lipinski definition) is 2. The fourth-order valence-corrected chi connectivity index (χ4v) is 1.21. The molecule has 70 valence electrons. The van der Waals surface area contributed by atoms with E-state index in [0.717, 1.165) is 0 Å². The summed E-state index contributed by atoms with van der Waals surface area (Å²) in [6, 6.07) is -0.317. The maximum atomic E-state index is 11.2. The number of ether oxygens (including phenoxy) is 1. The van der Waals surface area contributed by atoms with Crippen molar-refractivity contribution < 1.29 is 14.6 Å². The summed E-state index contributed by atoms with van der Waals surface area (Å²) in [6.45, 7) is 4.10. The highest BCUT2D eigenvalue weighted by Crippen LogP contribution is 2.08. The van der Waals surface area contributed by atoms with Crippen molar-refractivity contribution in [2.75, 3.05) is 6.54 Å². The van der Waals surface area contributed by atoms with E-state index in [1.807, 2.05) is 13.8 Å². The molecule has 0 unspecified atom stereocenters. The van der Waals surface area contributed by atoms with Gasteiger partial charge in [0, 0.05) is 13.0 Å². The van der Waals surface area contributed by atoms with Crippen LogP contribution < -0.4 is 5.32 Å². The second kappa shape index (κ2) is 3.87. The predicted octanol–water partition coefficient (Wildman–Crippen LogP) is -0.339. The van der Waals surface area contributed by atoms with Gasteiger partial charge in [-0.05, 0) is 13.8 Å². The van der Waals surface area contributed by atoms with Crippen molar-refractivity contribution in [1.82, 2.24) is 5.32 Å². The van der Waals surface area contributed by atoms with E-state index in [0.29, 0.717) is 13.0 Å². The van der Waals surface area contributed by atoms with Gasteiger partial charge in [0.2, 0.25) is 0 Å². The first-order valence-corrected chi connectivity index (χ1v) is 4.21. The van der Waals surface area contributed by atoms with E-state index < -0.39 is 6.10 Å². The van der Waals surface area contributed by atoms with E-state index in [2.05, 4.69) is 5.32 Å². The summed E-state index contributed by atoms with van der Waals surface area (Å²) in [5, 5.41) is 12.0. The molecular formula is C8H15NO3. The average Bonchev–Trinajstić information content (AvgIpc) is 2.34. The van der Waals surface area contributed by atoms with E-state index >= 15 is 0 Å². The van der Waals surface area contributed by atoms with Crippen molar-refractivity contribution in [1.29, 1.82) is 0 Å². The topological polar surface area (TPSA) is 58.6 Å². The number of carbonyl (C=O) groups is 1. The summed E-state index contributed by atoms with van der Waals surface area (Å²) < 4.78 is 4.97. The number of nitrogens with one attached hydrogen (secondary N) is 1. The SMILES string of the molecule is CC(C)OC(=O)[C@@H]1C[C@@H](O)CN1. The Labute approximate surface area is 71.9 Å². The molecule has 0 aliphatic carbocycles. The van der Waals surface area contributed by atoms with E-state index in [-0.39, 0.29) is 18.1 Å². The van der Waals surface area contributed by atoms with Gasteiger partial charge in [0.05, 0.1) is 12.2 Å². The maximum absolute atomic E-state index is 11.2. The third-order valence-electron chi connectivity index (χ3n) is 1.74. The number of hydrogen-bond acceptors (Lipinski definition) is 4. The Hall–Kier alpha value is -0.610. The highest BCUT2D eigenvalue weighted by atomic mass is 16.5. The van der Waals surface area contributed by atoms with Gasteiger partial charge >= 0.3 is 5.97 Å². The number of β-amino-alcohol motifs (C(OH)–C–C–N with tert-alkyl or cyclic N) is 1. The number of esters is 1. The minimum absolute atomic E-state index is 0.0861. The molecule has 4 heteroatoms. The van der Waals surface area contributed by atoms with Crippen LogP contribution in [0.2, 0.25) is 0 Å². The van der Waals surface area contributed by atoms with Crippen molar-refractivity contribution >= 4 is 5.97 Å². The Morgan fingerprint density at radius 2 is 2.33 bits per heavy atom. The summed E-state index contributed by atoms with van der Waals surface area (Å²) in [6.07, 6.45) is -0.0299. The molecule has 1 heterocycles. The van der Waals surface area contributed by atoms with Gasteiger partial charge in [-0.25, -0.2) is 0 Å². The number of aliphatic hydroxyl groups is 1. The fourth-order valence-electron chi connectivity index (χ4n) is 1.21. The van der Waals surface area contributed by atoms with Gasteiger partial charge < -0.3 is 15.2 Å². The van der Waals surface area contributed by atoms with Crippen LogP contribution in [0.15, 0.2) is 0 Å². The lowest BCUT2D eigenvalue weighted by Crippen LogP contribution is -2.33. The smallest absolute Gasteiger partial charge is 0.323 e. The Morgan fingerprint density at radius 3 is 2.75 bits per heavy atom. The van der Waals surface area contributed by atoms with Crippen molar-refractivity contribution in [3.05, 3.63) is 0 Å². The van der Waals surface area contributed by atoms with Crippen molar-refractivity contribution in [2.24, 2.45) is 0 Å². The van der Waals surface area contributed by atoms with Crippen molar-refractivity contribution in [3.8, 4) is 0 Å². The largest absolute Gasteiger partial charge is 0.462 e. The van der Waals surface area contributed by atoms with Crippen LogP contribution in [-0.2, 0) is 9.53 Å². The summed E-state index contributed by atoms with van der Waals surface area (Å²) in [7, 11) is 0. The van der Waals surface area contributed by atoms with E-state index in [4.69, 9.17) is 9.84 Å². The summed E-state index contributed by atoms with van der Waals surface area (Å²) in [5.41, 5.74) is 0. The van der Waals surface area contributed by atoms with Crippen LogP contribution in [-0.4, -0.2) is 35.9 Å². The number of aliphatic hydroxyl groups excluding tert-OH is 1. The zero-order chi connectivity index (χ0) is 9.14. The Balaban J connectivity index is 2.33. The molecular weight excluding hydrogens is 158 g/mol. The molecule has 0 saturated carbocycles. The maximum Gasteiger partial charge on any atom is 0.323 e.